The molecule has 3 aliphatic rings. The van der Waals surface area contributed by atoms with E-state index in [-0.39, 0.29) is 23.7 Å². The molecule has 1 spiro atoms. The molecule has 0 aromatic rings. The lowest BCUT2D eigenvalue weighted by molar-refractivity contribution is -0.125. The summed E-state index contributed by atoms with van der Waals surface area (Å²) in [5.74, 6) is -0.222. The summed E-state index contributed by atoms with van der Waals surface area (Å²) in [5.41, 5.74) is 5.67. The molecule has 2 saturated heterocycles. The molecule has 3 fully saturated rings. The topological polar surface area (TPSA) is 67.6 Å². The Kier molecular flexibility index (Phi) is 3.78. The van der Waals surface area contributed by atoms with Crippen molar-refractivity contribution in [3.8, 4) is 0 Å². The van der Waals surface area contributed by atoms with Gasteiger partial charge in [0.05, 0.1) is 11.7 Å². The standard InChI is InChI=1S/C14H25N3O2/c15-13(18)12-9-16-7-8-17(12)10-11-3-6-14(19-11)4-1-2-5-14/h11-12,16H,1-10H2,(H2,15,18). The minimum Gasteiger partial charge on any atom is -0.370 e. The van der Waals surface area contributed by atoms with E-state index < -0.39 is 0 Å². The van der Waals surface area contributed by atoms with Gasteiger partial charge in [0.15, 0.2) is 0 Å². The highest BCUT2D eigenvalue weighted by Gasteiger charge is 2.43. The maximum absolute atomic E-state index is 11.5. The van der Waals surface area contributed by atoms with Crippen molar-refractivity contribution in [2.24, 2.45) is 5.73 Å². The van der Waals surface area contributed by atoms with E-state index in [9.17, 15) is 4.79 Å². The number of amides is 1. The molecule has 0 radical (unpaired) electrons. The first kappa shape index (κ1) is 13.3. The maximum atomic E-state index is 11.5. The van der Waals surface area contributed by atoms with Crippen molar-refractivity contribution in [3.05, 3.63) is 0 Å². The molecule has 2 atom stereocenters. The minimum absolute atomic E-state index is 0.169. The first-order valence-corrected chi connectivity index (χ1v) is 7.60. The normalized spacial score (nSPS) is 34.9. The molecule has 0 bridgehead atoms. The molecule has 1 aliphatic carbocycles. The predicted molar refractivity (Wildman–Crippen MR) is 72.7 cm³/mol. The predicted octanol–water partition coefficient (Wildman–Crippen LogP) is 0.237. The third-order valence-corrected chi connectivity index (χ3v) is 4.97. The van der Waals surface area contributed by atoms with Crippen LogP contribution in [0.1, 0.15) is 38.5 Å². The summed E-state index contributed by atoms with van der Waals surface area (Å²) in [6, 6.07) is -0.169. The van der Waals surface area contributed by atoms with Crippen LogP contribution in [0.4, 0.5) is 0 Å². The Labute approximate surface area is 114 Å². The van der Waals surface area contributed by atoms with E-state index in [1.807, 2.05) is 0 Å². The number of carbonyl (C=O) groups is 1. The zero-order valence-corrected chi connectivity index (χ0v) is 11.6. The summed E-state index contributed by atoms with van der Waals surface area (Å²) in [5, 5.41) is 3.24. The van der Waals surface area contributed by atoms with Crippen molar-refractivity contribution in [2.75, 3.05) is 26.2 Å². The second-order valence-corrected chi connectivity index (χ2v) is 6.29. The first-order valence-electron chi connectivity index (χ1n) is 7.60. The zero-order chi connectivity index (χ0) is 13.3. The molecule has 2 unspecified atom stereocenters. The molecular weight excluding hydrogens is 242 g/mol. The van der Waals surface area contributed by atoms with E-state index >= 15 is 0 Å². The molecule has 3 N–H and O–H groups in total. The summed E-state index contributed by atoms with van der Waals surface area (Å²) < 4.78 is 6.33. The van der Waals surface area contributed by atoms with E-state index in [2.05, 4.69) is 10.2 Å². The van der Waals surface area contributed by atoms with Crippen LogP contribution in [0.2, 0.25) is 0 Å². The van der Waals surface area contributed by atoms with E-state index in [4.69, 9.17) is 10.5 Å². The van der Waals surface area contributed by atoms with Crippen LogP contribution in [0.25, 0.3) is 0 Å². The van der Waals surface area contributed by atoms with Gasteiger partial charge in [0.2, 0.25) is 5.91 Å². The molecule has 1 amide bonds. The van der Waals surface area contributed by atoms with Gasteiger partial charge in [-0.05, 0) is 25.7 Å². The van der Waals surface area contributed by atoms with Gasteiger partial charge in [0.25, 0.3) is 0 Å². The van der Waals surface area contributed by atoms with Crippen LogP contribution in [-0.2, 0) is 9.53 Å². The highest BCUT2D eigenvalue weighted by atomic mass is 16.5. The van der Waals surface area contributed by atoms with Crippen molar-refractivity contribution in [1.82, 2.24) is 10.2 Å². The van der Waals surface area contributed by atoms with Crippen molar-refractivity contribution >= 4 is 5.91 Å². The largest absolute Gasteiger partial charge is 0.370 e. The Bertz CT molecular complexity index is 342. The lowest BCUT2D eigenvalue weighted by Gasteiger charge is -2.36. The Morgan fingerprint density at radius 3 is 2.89 bits per heavy atom. The summed E-state index contributed by atoms with van der Waals surface area (Å²) >= 11 is 0. The van der Waals surface area contributed by atoms with Gasteiger partial charge in [-0.25, -0.2) is 0 Å². The fraction of sp³-hybridized carbons (Fsp3) is 0.929. The van der Waals surface area contributed by atoms with Crippen LogP contribution < -0.4 is 11.1 Å². The van der Waals surface area contributed by atoms with Gasteiger partial charge < -0.3 is 15.8 Å². The number of hydrogen-bond donors (Lipinski definition) is 2. The number of rotatable bonds is 3. The summed E-state index contributed by atoms with van der Waals surface area (Å²) in [6.07, 6.45) is 7.70. The fourth-order valence-electron chi connectivity index (χ4n) is 3.92. The van der Waals surface area contributed by atoms with Gasteiger partial charge in [-0.1, -0.05) is 12.8 Å². The number of hydrogen-bond acceptors (Lipinski definition) is 4. The number of nitrogens with two attached hydrogens (primary N) is 1. The molecular formula is C14H25N3O2. The molecule has 2 heterocycles. The average Bonchev–Trinajstić information content (AvgIpc) is 3.01. The van der Waals surface area contributed by atoms with Crippen LogP contribution in [0, 0.1) is 0 Å². The molecule has 108 valence electrons. The Morgan fingerprint density at radius 2 is 2.16 bits per heavy atom. The average molecular weight is 267 g/mol. The third-order valence-electron chi connectivity index (χ3n) is 4.97. The van der Waals surface area contributed by atoms with Gasteiger partial charge in [0.1, 0.15) is 6.04 Å². The van der Waals surface area contributed by atoms with Gasteiger partial charge in [-0.3, -0.25) is 9.69 Å². The second-order valence-electron chi connectivity index (χ2n) is 6.29. The Hall–Kier alpha value is -0.650. The number of nitrogens with one attached hydrogen (secondary N) is 1. The zero-order valence-electron chi connectivity index (χ0n) is 11.6. The van der Waals surface area contributed by atoms with Gasteiger partial charge in [-0.15, -0.1) is 0 Å². The van der Waals surface area contributed by atoms with Gasteiger partial charge in [-0.2, -0.15) is 0 Å². The molecule has 5 heteroatoms. The maximum Gasteiger partial charge on any atom is 0.236 e. The van der Waals surface area contributed by atoms with Crippen LogP contribution in [0.5, 0.6) is 0 Å². The minimum atomic E-state index is -0.222. The van der Waals surface area contributed by atoms with Gasteiger partial charge in [0, 0.05) is 26.2 Å². The number of carbonyl (C=O) groups excluding carboxylic acids is 1. The first-order chi connectivity index (χ1) is 9.19. The number of ether oxygens (including phenoxy) is 1. The molecule has 1 saturated carbocycles. The SMILES string of the molecule is NC(=O)C1CNCCN1CC1CCC2(CCCC2)O1. The van der Waals surface area contributed by atoms with Crippen molar-refractivity contribution in [2.45, 2.75) is 56.3 Å². The van der Waals surface area contributed by atoms with Crippen LogP contribution >= 0.6 is 0 Å². The second kappa shape index (κ2) is 5.38. The number of piperazine rings is 1. The van der Waals surface area contributed by atoms with Crippen LogP contribution in [0.3, 0.4) is 0 Å². The molecule has 2 aliphatic heterocycles. The molecule has 19 heavy (non-hydrogen) atoms. The van der Waals surface area contributed by atoms with Crippen molar-refractivity contribution in [1.29, 1.82) is 0 Å². The van der Waals surface area contributed by atoms with E-state index in [1.54, 1.807) is 0 Å². The number of primary amides is 1. The van der Waals surface area contributed by atoms with E-state index in [0.29, 0.717) is 6.54 Å². The highest BCUT2D eigenvalue weighted by molar-refractivity contribution is 5.80. The van der Waals surface area contributed by atoms with Crippen LogP contribution in [0.15, 0.2) is 0 Å². The molecule has 3 rings (SSSR count). The summed E-state index contributed by atoms with van der Waals surface area (Å²) in [4.78, 5) is 13.7. The fourth-order valence-corrected chi connectivity index (χ4v) is 3.92. The summed E-state index contributed by atoms with van der Waals surface area (Å²) in [6.45, 7) is 3.35. The monoisotopic (exact) mass is 267 g/mol. The lowest BCUT2D eigenvalue weighted by Crippen LogP contribution is -2.58. The number of nitrogens with zero attached hydrogens (tertiary/aromatic N) is 1. The lowest BCUT2D eigenvalue weighted by atomic mass is 9.98. The Balaban J connectivity index is 1.57. The van der Waals surface area contributed by atoms with E-state index in [1.165, 1.54) is 32.1 Å². The highest BCUT2D eigenvalue weighted by Crippen LogP contribution is 2.43. The summed E-state index contributed by atoms with van der Waals surface area (Å²) in [7, 11) is 0. The smallest absolute Gasteiger partial charge is 0.236 e. The molecule has 5 nitrogen and oxygen atoms in total. The van der Waals surface area contributed by atoms with E-state index in [0.717, 1.165) is 26.1 Å². The quantitative estimate of drug-likeness (QED) is 0.768. The molecule has 0 aromatic heterocycles. The van der Waals surface area contributed by atoms with Crippen molar-refractivity contribution in [3.63, 3.8) is 0 Å². The van der Waals surface area contributed by atoms with Gasteiger partial charge >= 0.3 is 0 Å². The van der Waals surface area contributed by atoms with Crippen LogP contribution in [-0.4, -0.2) is 54.7 Å². The Morgan fingerprint density at radius 1 is 1.37 bits per heavy atom. The van der Waals surface area contributed by atoms with Crippen molar-refractivity contribution < 1.29 is 9.53 Å². The third kappa shape index (κ3) is 2.78. The molecule has 0 aromatic carbocycles.